The van der Waals surface area contributed by atoms with Crippen LogP contribution in [-0.2, 0) is 13.1 Å². The summed E-state index contributed by atoms with van der Waals surface area (Å²) in [6.45, 7) is 3.74. The molecule has 1 aliphatic heterocycles. The van der Waals surface area contributed by atoms with E-state index in [0.29, 0.717) is 17.5 Å². The highest BCUT2D eigenvalue weighted by molar-refractivity contribution is 5.87. The van der Waals surface area contributed by atoms with Crippen molar-refractivity contribution in [3.8, 4) is 23.0 Å². The van der Waals surface area contributed by atoms with E-state index in [1.165, 1.54) is 18.4 Å². The van der Waals surface area contributed by atoms with Gasteiger partial charge in [0.2, 0.25) is 5.89 Å². The number of aromatic carboxylic acids is 1. The summed E-state index contributed by atoms with van der Waals surface area (Å²) in [5.74, 6) is 1.29. The molecule has 0 bridgehead atoms. The summed E-state index contributed by atoms with van der Waals surface area (Å²) in [4.78, 5) is 17.7. The Labute approximate surface area is 216 Å². The molecule has 4 aromatic rings. The highest BCUT2D eigenvalue weighted by Gasteiger charge is 2.23. The average molecular weight is 498 g/mol. The van der Waals surface area contributed by atoms with Crippen LogP contribution < -0.4 is 10.1 Å². The summed E-state index contributed by atoms with van der Waals surface area (Å²) in [6.07, 6.45) is 6.74. The van der Waals surface area contributed by atoms with Crippen molar-refractivity contribution in [2.75, 3.05) is 13.1 Å². The molecule has 7 nitrogen and oxygen atoms in total. The molecule has 7 heteroatoms. The monoisotopic (exact) mass is 497 g/mol. The number of oxazole rings is 1. The van der Waals surface area contributed by atoms with Crippen LogP contribution in [0.2, 0.25) is 0 Å². The standard InChI is InChI=1S/C30H31N3O4/c34-30(35)25-7-3-22(4-8-25)20-31-16-15-26-2-1-18-33(26)21-23-5-11-27(12-6-23)37-28-13-9-24(10-14-28)29-32-17-19-36-29/h3-14,17,19,26,31H,1-2,15-16,18,20-21H2,(H,34,35). The minimum Gasteiger partial charge on any atom is -0.478 e. The van der Waals surface area contributed by atoms with Crippen molar-refractivity contribution in [2.45, 2.75) is 38.4 Å². The van der Waals surface area contributed by atoms with E-state index in [2.05, 4.69) is 27.3 Å². The zero-order valence-corrected chi connectivity index (χ0v) is 20.7. The fraction of sp³-hybridized carbons (Fsp3) is 0.267. The minimum atomic E-state index is -0.891. The number of aromatic nitrogens is 1. The van der Waals surface area contributed by atoms with Crippen LogP contribution in [0.3, 0.4) is 0 Å². The molecule has 1 fully saturated rings. The third-order valence-corrected chi connectivity index (χ3v) is 6.76. The van der Waals surface area contributed by atoms with Gasteiger partial charge in [0.05, 0.1) is 11.8 Å². The Bertz CT molecular complexity index is 1270. The van der Waals surface area contributed by atoms with E-state index >= 15 is 0 Å². The third kappa shape index (κ3) is 6.64. The number of carboxylic acids is 1. The molecule has 1 aliphatic rings. The topological polar surface area (TPSA) is 87.8 Å². The van der Waals surface area contributed by atoms with E-state index in [4.69, 9.17) is 14.3 Å². The number of carboxylic acid groups (broad SMARTS) is 1. The zero-order valence-electron chi connectivity index (χ0n) is 20.7. The van der Waals surface area contributed by atoms with Crippen molar-refractivity contribution < 1.29 is 19.1 Å². The van der Waals surface area contributed by atoms with Gasteiger partial charge in [0, 0.05) is 24.7 Å². The number of likely N-dealkylation sites (tertiary alicyclic amines) is 1. The van der Waals surface area contributed by atoms with Gasteiger partial charge in [-0.1, -0.05) is 24.3 Å². The van der Waals surface area contributed by atoms with Crippen LogP contribution in [0.5, 0.6) is 11.5 Å². The van der Waals surface area contributed by atoms with Gasteiger partial charge in [-0.2, -0.15) is 0 Å². The fourth-order valence-corrected chi connectivity index (χ4v) is 4.76. The molecule has 0 spiro atoms. The Morgan fingerprint density at radius 1 is 1.00 bits per heavy atom. The van der Waals surface area contributed by atoms with Gasteiger partial charge >= 0.3 is 5.97 Å². The van der Waals surface area contributed by atoms with Crippen molar-refractivity contribution in [1.29, 1.82) is 0 Å². The third-order valence-electron chi connectivity index (χ3n) is 6.76. The van der Waals surface area contributed by atoms with E-state index < -0.39 is 5.97 Å². The molecule has 2 N–H and O–H groups in total. The molecule has 3 aromatic carbocycles. The van der Waals surface area contributed by atoms with Crippen LogP contribution >= 0.6 is 0 Å². The lowest BCUT2D eigenvalue weighted by Crippen LogP contribution is -2.31. The molecular weight excluding hydrogens is 466 g/mol. The summed E-state index contributed by atoms with van der Waals surface area (Å²) >= 11 is 0. The molecular formula is C30H31N3O4. The Morgan fingerprint density at radius 3 is 2.38 bits per heavy atom. The highest BCUT2D eigenvalue weighted by atomic mass is 16.5. The SMILES string of the molecule is O=C(O)c1ccc(CNCCC2CCCN2Cc2ccc(Oc3ccc(-c4ncco4)cc3)cc2)cc1. The molecule has 0 radical (unpaired) electrons. The molecule has 1 atom stereocenters. The lowest BCUT2D eigenvalue weighted by atomic mass is 10.1. The molecule has 0 amide bonds. The maximum Gasteiger partial charge on any atom is 0.335 e. The Balaban J connectivity index is 1.07. The first kappa shape index (κ1) is 24.7. The zero-order chi connectivity index (χ0) is 25.5. The minimum absolute atomic E-state index is 0.322. The maximum absolute atomic E-state index is 11.0. The summed E-state index contributed by atoms with van der Waals surface area (Å²) in [7, 11) is 0. The van der Waals surface area contributed by atoms with Crippen molar-refractivity contribution >= 4 is 5.97 Å². The largest absolute Gasteiger partial charge is 0.478 e. The summed E-state index contributed by atoms with van der Waals surface area (Å²) in [6, 6.07) is 23.7. The Morgan fingerprint density at radius 2 is 1.70 bits per heavy atom. The van der Waals surface area contributed by atoms with Crippen molar-refractivity contribution in [3.05, 3.63) is 102 Å². The van der Waals surface area contributed by atoms with Gasteiger partial charge in [0.1, 0.15) is 17.8 Å². The number of nitrogens with zero attached hydrogens (tertiary/aromatic N) is 2. The first-order valence-electron chi connectivity index (χ1n) is 12.7. The number of nitrogens with one attached hydrogen (secondary N) is 1. The second kappa shape index (κ2) is 11.9. The lowest BCUT2D eigenvalue weighted by molar-refractivity contribution is 0.0697. The van der Waals surface area contributed by atoms with Gasteiger partial charge in [-0.3, -0.25) is 4.90 Å². The van der Waals surface area contributed by atoms with Crippen molar-refractivity contribution in [2.24, 2.45) is 0 Å². The highest BCUT2D eigenvalue weighted by Crippen LogP contribution is 2.27. The van der Waals surface area contributed by atoms with Crippen LogP contribution in [-0.4, -0.2) is 40.1 Å². The fourth-order valence-electron chi connectivity index (χ4n) is 4.76. The van der Waals surface area contributed by atoms with Gasteiger partial charge in [0.25, 0.3) is 0 Å². The van der Waals surface area contributed by atoms with Crippen LogP contribution in [0.4, 0.5) is 0 Å². The number of rotatable bonds is 11. The van der Waals surface area contributed by atoms with E-state index in [1.54, 1.807) is 24.6 Å². The number of ether oxygens (including phenoxy) is 1. The predicted molar refractivity (Wildman–Crippen MR) is 142 cm³/mol. The van der Waals surface area contributed by atoms with E-state index in [1.807, 2.05) is 48.5 Å². The maximum atomic E-state index is 11.0. The predicted octanol–water partition coefficient (Wildman–Crippen LogP) is 5.98. The van der Waals surface area contributed by atoms with Gasteiger partial charge in [0.15, 0.2) is 0 Å². The number of carbonyl (C=O) groups is 1. The van der Waals surface area contributed by atoms with Crippen LogP contribution in [0, 0.1) is 0 Å². The van der Waals surface area contributed by atoms with Crippen molar-refractivity contribution in [3.63, 3.8) is 0 Å². The normalized spacial score (nSPS) is 15.6. The number of benzene rings is 3. The first-order chi connectivity index (χ1) is 18.1. The van der Waals surface area contributed by atoms with Gasteiger partial charge in [-0.25, -0.2) is 9.78 Å². The smallest absolute Gasteiger partial charge is 0.335 e. The summed E-state index contributed by atoms with van der Waals surface area (Å²) < 4.78 is 11.3. The molecule has 1 unspecified atom stereocenters. The first-order valence-corrected chi connectivity index (χ1v) is 12.7. The van der Waals surface area contributed by atoms with Crippen LogP contribution in [0.15, 0.2) is 89.7 Å². The van der Waals surface area contributed by atoms with Crippen LogP contribution in [0.1, 0.15) is 40.7 Å². The average Bonchev–Trinajstić information content (AvgIpc) is 3.61. The second-order valence-corrected chi connectivity index (χ2v) is 9.34. The second-order valence-electron chi connectivity index (χ2n) is 9.34. The van der Waals surface area contributed by atoms with E-state index in [-0.39, 0.29) is 0 Å². The quantitative estimate of drug-likeness (QED) is 0.247. The Kier molecular flexibility index (Phi) is 7.93. The van der Waals surface area contributed by atoms with Gasteiger partial charge < -0.3 is 19.6 Å². The van der Waals surface area contributed by atoms with Gasteiger partial charge in [-0.15, -0.1) is 0 Å². The van der Waals surface area contributed by atoms with Gasteiger partial charge in [-0.05, 0) is 92.0 Å². The van der Waals surface area contributed by atoms with Crippen LogP contribution in [0.25, 0.3) is 11.5 Å². The van der Waals surface area contributed by atoms with Crippen molar-refractivity contribution in [1.82, 2.24) is 15.2 Å². The van der Waals surface area contributed by atoms with E-state index in [0.717, 1.165) is 55.2 Å². The molecule has 190 valence electrons. The lowest BCUT2D eigenvalue weighted by Gasteiger charge is -2.25. The molecule has 0 saturated carbocycles. The molecule has 2 heterocycles. The number of hydrogen-bond donors (Lipinski definition) is 2. The molecule has 1 aromatic heterocycles. The molecule has 37 heavy (non-hydrogen) atoms. The molecule has 1 saturated heterocycles. The number of hydrogen-bond acceptors (Lipinski definition) is 6. The Hall–Kier alpha value is -3.94. The summed E-state index contributed by atoms with van der Waals surface area (Å²) in [5.41, 5.74) is 3.62. The summed E-state index contributed by atoms with van der Waals surface area (Å²) in [5, 5.41) is 12.5. The van der Waals surface area contributed by atoms with E-state index in [9.17, 15) is 4.79 Å². The molecule has 0 aliphatic carbocycles. The molecule has 5 rings (SSSR count).